The van der Waals surface area contributed by atoms with E-state index in [1.807, 2.05) is 60.0 Å². The standard InChI is InChI=1S/C19H20N4OS/c1-2-16(18-11-7-13-25-18)20-19(24)17-14-23(22-21-17)12-6-10-15-8-4-3-5-9-15/h3-11,13-14,16H,2,12H2,1H3,(H,20,24)/b10-6+. The van der Waals surface area contributed by atoms with E-state index in [4.69, 9.17) is 0 Å². The highest BCUT2D eigenvalue weighted by atomic mass is 32.1. The van der Waals surface area contributed by atoms with E-state index in [0.29, 0.717) is 12.2 Å². The van der Waals surface area contributed by atoms with Gasteiger partial charge in [-0.1, -0.05) is 60.7 Å². The van der Waals surface area contributed by atoms with Gasteiger partial charge in [0.15, 0.2) is 5.69 Å². The molecule has 1 atom stereocenters. The minimum absolute atomic E-state index is 0.00984. The Labute approximate surface area is 151 Å². The first-order valence-electron chi connectivity index (χ1n) is 8.22. The summed E-state index contributed by atoms with van der Waals surface area (Å²) in [6.07, 6.45) is 6.52. The second kappa shape index (κ2) is 8.39. The number of nitrogens with one attached hydrogen (secondary N) is 1. The number of aromatic nitrogens is 3. The van der Waals surface area contributed by atoms with Crippen molar-refractivity contribution in [3.05, 3.63) is 76.3 Å². The van der Waals surface area contributed by atoms with Crippen molar-refractivity contribution in [1.29, 1.82) is 0 Å². The molecule has 0 saturated carbocycles. The maximum atomic E-state index is 12.4. The van der Waals surface area contributed by atoms with Crippen molar-refractivity contribution in [2.45, 2.75) is 25.9 Å². The zero-order valence-electron chi connectivity index (χ0n) is 14.0. The molecule has 0 radical (unpaired) electrons. The third-order valence-corrected chi connectivity index (χ3v) is 4.76. The lowest BCUT2D eigenvalue weighted by atomic mass is 10.2. The molecule has 2 heterocycles. The summed E-state index contributed by atoms with van der Waals surface area (Å²) < 4.78 is 1.65. The monoisotopic (exact) mass is 352 g/mol. The molecule has 1 unspecified atom stereocenters. The van der Waals surface area contributed by atoms with Crippen molar-refractivity contribution < 1.29 is 4.79 Å². The molecule has 0 saturated heterocycles. The van der Waals surface area contributed by atoms with Crippen LogP contribution in [0.5, 0.6) is 0 Å². The Morgan fingerprint density at radius 1 is 1.28 bits per heavy atom. The van der Waals surface area contributed by atoms with Gasteiger partial charge < -0.3 is 5.32 Å². The van der Waals surface area contributed by atoms with Gasteiger partial charge in [0, 0.05) is 4.88 Å². The molecule has 0 aliphatic heterocycles. The Morgan fingerprint density at radius 2 is 2.12 bits per heavy atom. The van der Waals surface area contributed by atoms with Crippen LogP contribution in [-0.4, -0.2) is 20.9 Å². The van der Waals surface area contributed by atoms with Crippen LogP contribution in [0.1, 0.15) is 40.3 Å². The van der Waals surface area contributed by atoms with E-state index < -0.39 is 0 Å². The fraction of sp³-hybridized carbons (Fsp3) is 0.211. The first kappa shape index (κ1) is 17.1. The van der Waals surface area contributed by atoms with E-state index in [1.165, 1.54) is 0 Å². The van der Waals surface area contributed by atoms with Crippen LogP contribution < -0.4 is 5.32 Å². The summed E-state index contributed by atoms with van der Waals surface area (Å²) in [4.78, 5) is 13.5. The van der Waals surface area contributed by atoms with Crippen molar-refractivity contribution >= 4 is 23.3 Å². The number of nitrogens with zero attached hydrogens (tertiary/aromatic N) is 3. The fourth-order valence-electron chi connectivity index (χ4n) is 2.45. The number of thiophene rings is 1. The summed E-state index contributed by atoms with van der Waals surface area (Å²) in [5.41, 5.74) is 1.46. The van der Waals surface area contributed by atoms with Crippen molar-refractivity contribution in [3.8, 4) is 0 Å². The summed E-state index contributed by atoms with van der Waals surface area (Å²) in [6, 6.07) is 14.1. The van der Waals surface area contributed by atoms with Crippen molar-refractivity contribution in [3.63, 3.8) is 0 Å². The van der Waals surface area contributed by atoms with Crippen LogP contribution in [0.4, 0.5) is 0 Å². The highest BCUT2D eigenvalue weighted by molar-refractivity contribution is 7.10. The predicted octanol–water partition coefficient (Wildman–Crippen LogP) is 3.93. The zero-order valence-corrected chi connectivity index (χ0v) is 14.8. The van der Waals surface area contributed by atoms with Gasteiger partial charge in [-0.25, -0.2) is 4.68 Å². The molecule has 0 bridgehead atoms. The number of rotatable bonds is 7. The lowest BCUT2D eigenvalue weighted by Crippen LogP contribution is -2.27. The molecular weight excluding hydrogens is 332 g/mol. The number of hydrogen-bond donors (Lipinski definition) is 1. The molecule has 0 fully saturated rings. The van der Waals surface area contributed by atoms with Crippen LogP contribution in [0.3, 0.4) is 0 Å². The van der Waals surface area contributed by atoms with E-state index in [1.54, 1.807) is 22.2 Å². The number of hydrogen-bond acceptors (Lipinski definition) is 4. The van der Waals surface area contributed by atoms with Gasteiger partial charge in [0.2, 0.25) is 0 Å². The normalized spacial score (nSPS) is 12.4. The highest BCUT2D eigenvalue weighted by Gasteiger charge is 2.17. The summed E-state index contributed by atoms with van der Waals surface area (Å²) in [5.74, 6) is -0.196. The summed E-state index contributed by atoms with van der Waals surface area (Å²) in [7, 11) is 0. The third kappa shape index (κ3) is 4.64. The van der Waals surface area contributed by atoms with E-state index in [2.05, 4.69) is 22.6 Å². The SMILES string of the molecule is CCC(NC(=O)c1cn(C/C=C/c2ccccc2)nn1)c1cccs1. The van der Waals surface area contributed by atoms with Crippen molar-refractivity contribution in [1.82, 2.24) is 20.3 Å². The second-order valence-corrected chi connectivity index (χ2v) is 6.57. The fourth-order valence-corrected chi connectivity index (χ4v) is 3.31. The molecule has 1 aromatic carbocycles. The van der Waals surface area contributed by atoms with Crippen LogP contribution in [0.2, 0.25) is 0 Å². The highest BCUT2D eigenvalue weighted by Crippen LogP contribution is 2.21. The maximum absolute atomic E-state index is 12.4. The summed E-state index contributed by atoms with van der Waals surface area (Å²) >= 11 is 1.64. The van der Waals surface area contributed by atoms with Gasteiger partial charge in [-0.05, 0) is 23.4 Å². The molecule has 3 rings (SSSR count). The number of allylic oxidation sites excluding steroid dienone is 1. The minimum Gasteiger partial charge on any atom is -0.343 e. The Balaban J connectivity index is 1.59. The Kier molecular flexibility index (Phi) is 5.74. The van der Waals surface area contributed by atoms with Gasteiger partial charge in [0.1, 0.15) is 0 Å². The molecule has 25 heavy (non-hydrogen) atoms. The average Bonchev–Trinajstić information content (AvgIpc) is 3.32. The zero-order chi connectivity index (χ0) is 17.5. The number of carbonyl (C=O) groups excluding carboxylic acids is 1. The summed E-state index contributed by atoms with van der Waals surface area (Å²) in [5, 5.41) is 13.0. The first-order chi connectivity index (χ1) is 12.3. The van der Waals surface area contributed by atoms with Gasteiger partial charge in [-0.2, -0.15) is 0 Å². The smallest absolute Gasteiger partial charge is 0.273 e. The van der Waals surface area contributed by atoms with Gasteiger partial charge >= 0.3 is 0 Å². The molecule has 3 aromatic rings. The van der Waals surface area contributed by atoms with Crippen LogP contribution >= 0.6 is 11.3 Å². The van der Waals surface area contributed by atoms with Gasteiger partial charge in [-0.3, -0.25) is 4.79 Å². The molecule has 6 heteroatoms. The van der Waals surface area contributed by atoms with Crippen molar-refractivity contribution in [2.75, 3.05) is 0 Å². The lowest BCUT2D eigenvalue weighted by Gasteiger charge is -2.14. The molecule has 1 N–H and O–H groups in total. The second-order valence-electron chi connectivity index (χ2n) is 5.59. The van der Waals surface area contributed by atoms with Gasteiger partial charge in [-0.15, -0.1) is 16.4 Å². The average molecular weight is 352 g/mol. The molecule has 0 aliphatic rings. The van der Waals surface area contributed by atoms with E-state index in [9.17, 15) is 4.79 Å². The predicted molar refractivity (Wildman–Crippen MR) is 100 cm³/mol. The molecule has 5 nitrogen and oxygen atoms in total. The van der Waals surface area contributed by atoms with Gasteiger partial charge in [0.25, 0.3) is 5.91 Å². The largest absolute Gasteiger partial charge is 0.343 e. The lowest BCUT2D eigenvalue weighted by molar-refractivity contribution is 0.0931. The molecule has 128 valence electrons. The van der Waals surface area contributed by atoms with E-state index in [-0.39, 0.29) is 11.9 Å². The molecule has 0 aliphatic carbocycles. The number of amides is 1. The third-order valence-electron chi connectivity index (χ3n) is 3.77. The Bertz CT molecular complexity index is 824. The topological polar surface area (TPSA) is 59.8 Å². The van der Waals surface area contributed by atoms with Crippen LogP contribution in [0.15, 0.2) is 60.1 Å². The quantitative estimate of drug-likeness (QED) is 0.701. The van der Waals surface area contributed by atoms with E-state index >= 15 is 0 Å². The van der Waals surface area contributed by atoms with Crippen LogP contribution in [-0.2, 0) is 6.54 Å². The molecule has 2 aromatic heterocycles. The number of carbonyl (C=O) groups is 1. The molecule has 1 amide bonds. The van der Waals surface area contributed by atoms with Gasteiger partial charge in [0.05, 0.1) is 18.8 Å². The summed E-state index contributed by atoms with van der Waals surface area (Å²) in [6.45, 7) is 2.62. The number of benzene rings is 1. The van der Waals surface area contributed by atoms with Crippen LogP contribution in [0, 0.1) is 0 Å². The Morgan fingerprint density at radius 3 is 2.84 bits per heavy atom. The molecular formula is C19H20N4OS. The van der Waals surface area contributed by atoms with Crippen molar-refractivity contribution in [2.24, 2.45) is 0 Å². The van der Waals surface area contributed by atoms with E-state index in [0.717, 1.165) is 16.9 Å². The Hall–Kier alpha value is -2.73. The van der Waals surface area contributed by atoms with Crippen LogP contribution in [0.25, 0.3) is 6.08 Å². The first-order valence-corrected chi connectivity index (χ1v) is 9.10. The minimum atomic E-state index is -0.196. The maximum Gasteiger partial charge on any atom is 0.273 e. The molecule has 0 spiro atoms.